The van der Waals surface area contributed by atoms with Crippen molar-refractivity contribution >= 4 is 0 Å². The summed E-state index contributed by atoms with van der Waals surface area (Å²) in [5.41, 5.74) is 0. The van der Waals surface area contributed by atoms with Gasteiger partial charge in [0.1, 0.15) is 0 Å². The summed E-state index contributed by atoms with van der Waals surface area (Å²) < 4.78 is 36.6. The number of halogens is 3. The third kappa shape index (κ3) is 5.44. The Kier molecular flexibility index (Phi) is 5.44. The highest BCUT2D eigenvalue weighted by atomic mass is 19.4. The van der Waals surface area contributed by atoms with Crippen LogP contribution in [-0.2, 0) is 0 Å². The summed E-state index contributed by atoms with van der Waals surface area (Å²) in [6.45, 7) is 5.07. The van der Waals surface area contributed by atoms with E-state index < -0.39 is 12.7 Å². The van der Waals surface area contributed by atoms with Crippen LogP contribution >= 0.6 is 0 Å². The van der Waals surface area contributed by atoms with E-state index in [9.17, 15) is 13.2 Å². The Bertz CT molecular complexity index is 157. The number of nitrogens with one attached hydrogen (secondary N) is 1. The summed E-state index contributed by atoms with van der Waals surface area (Å²) in [6, 6.07) is -0.207. The van der Waals surface area contributed by atoms with E-state index in [2.05, 4.69) is 5.32 Å². The lowest BCUT2D eigenvalue weighted by atomic mass is 10.2. The SMILES string of the molecule is CNCC(C)N(CC(F)(F)F)C(C)C. The minimum atomic E-state index is -4.12. The molecule has 0 aromatic carbocycles. The van der Waals surface area contributed by atoms with Crippen molar-refractivity contribution in [3.63, 3.8) is 0 Å². The highest BCUT2D eigenvalue weighted by molar-refractivity contribution is 4.75. The topological polar surface area (TPSA) is 15.3 Å². The molecule has 0 bridgehead atoms. The Labute approximate surface area is 83.5 Å². The second kappa shape index (κ2) is 5.56. The Morgan fingerprint density at radius 1 is 1.21 bits per heavy atom. The van der Waals surface area contributed by atoms with Gasteiger partial charge in [-0.2, -0.15) is 13.2 Å². The second-order valence-electron chi connectivity index (χ2n) is 3.79. The van der Waals surface area contributed by atoms with Gasteiger partial charge in [-0.1, -0.05) is 0 Å². The van der Waals surface area contributed by atoms with Crippen molar-refractivity contribution < 1.29 is 13.2 Å². The fourth-order valence-corrected chi connectivity index (χ4v) is 1.47. The molecule has 86 valence electrons. The van der Waals surface area contributed by atoms with E-state index in [-0.39, 0.29) is 12.1 Å². The maximum Gasteiger partial charge on any atom is 0.401 e. The Hall–Kier alpha value is -0.290. The second-order valence-corrected chi connectivity index (χ2v) is 3.79. The van der Waals surface area contributed by atoms with E-state index >= 15 is 0 Å². The zero-order valence-corrected chi connectivity index (χ0v) is 9.15. The lowest BCUT2D eigenvalue weighted by molar-refractivity contribution is -0.154. The Morgan fingerprint density at radius 2 is 1.71 bits per heavy atom. The molecule has 0 rings (SSSR count). The Balaban J connectivity index is 4.29. The summed E-state index contributed by atoms with van der Waals surface area (Å²) in [6.07, 6.45) is -4.12. The monoisotopic (exact) mass is 212 g/mol. The fourth-order valence-electron chi connectivity index (χ4n) is 1.47. The third-order valence-electron chi connectivity index (χ3n) is 2.09. The van der Waals surface area contributed by atoms with Crippen LogP contribution in [-0.4, -0.2) is 43.3 Å². The largest absolute Gasteiger partial charge is 0.401 e. The summed E-state index contributed by atoms with van der Waals surface area (Å²) in [4.78, 5) is 1.44. The zero-order valence-electron chi connectivity index (χ0n) is 9.15. The van der Waals surface area contributed by atoms with Crippen LogP contribution in [0.2, 0.25) is 0 Å². The molecule has 1 atom stereocenters. The van der Waals surface area contributed by atoms with Crippen LogP contribution in [0, 0.1) is 0 Å². The molecule has 0 saturated heterocycles. The molecule has 0 amide bonds. The maximum absolute atomic E-state index is 12.2. The number of hydrogen-bond donors (Lipinski definition) is 1. The van der Waals surface area contributed by atoms with Gasteiger partial charge in [-0.3, -0.25) is 4.90 Å². The fraction of sp³-hybridized carbons (Fsp3) is 1.00. The minimum Gasteiger partial charge on any atom is -0.318 e. The average Bonchev–Trinajstić information content (AvgIpc) is 1.98. The quantitative estimate of drug-likeness (QED) is 0.748. The van der Waals surface area contributed by atoms with Crippen LogP contribution in [0.25, 0.3) is 0 Å². The molecule has 0 saturated carbocycles. The van der Waals surface area contributed by atoms with E-state index in [1.807, 2.05) is 0 Å². The number of likely N-dealkylation sites (N-methyl/N-ethyl adjacent to an activating group) is 1. The smallest absolute Gasteiger partial charge is 0.318 e. The normalized spacial score (nSPS) is 15.2. The van der Waals surface area contributed by atoms with Gasteiger partial charge in [0.05, 0.1) is 6.54 Å². The van der Waals surface area contributed by atoms with E-state index in [1.165, 1.54) is 4.90 Å². The van der Waals surface area contributed by atoms with Crippen molar-refractivity contribution in [3.05, 3.63) is 0 Å². The highest BCUT2D eigenvalue weighted by Crippen LogP contribution is 2.19. The summed E-state index contributed by atoms with van der Waals surface area (Å²) >= 11 is 0. The van der Waals surface area contributed by atoms with Gasteiger partial charge in [-0.15, -0.1) is 0 Å². The molecule has 0 spiro atoms. The standard InChI is InChI=1S/C9H19F3N2/c1-7(2)14(6-9(10,11)12)8(3)5-13-4/h7-8,13H,5-6H2,1-4H3. The van der Waals surface area contributed by atoms with Crippen LogP contribution in [0.3, 0.4) is 0 Å². The molecule has 1 unspecified atom stereocenters. The van der Waals surface area contributed by atoms with Gasteiger partial charge >= 0.3 is 6.18 Å². The zero-order chi connectivity index (χ0) is 11.4. The average molecular weight is 212 g/mol. The van der Waals surface area contributed by atoms with Crippen molar-refractivity contribution in [1.82, 2.24) is 10.2 Å². The number of alkyl halides is 3. The molecule has 0 radical (unpaired) electrons. The lowest BCUT2D eigenvalue weighted by Crippen LogP contribution is -2.48. The van der Waals surface area contributed by atoms with Crippen LogP contribution in [0.1, 0.15) is 20.8 Å². The van der Waals surface area contributed by atoms with Crippen molar-refractivity contribution in [1.29, 1.82) is 0 Å². The van der Waals surface area contributed by atoms with Crippen molar-refractivity contribution in [2.24, 2.45) is 0 Å². The molecule has 0 aromatic heterocycles. The van der Waals surface area contributed by atoms with Crippen LogP contribution in [0.15, 0.2) is 0 Å². The van der Waals surface area contributed by atoms with E-state index in [0.29, 0.717) is 6.54 Å². The van der Waals surface area contributed by atoms with Crippen LogP contribution in [0.4, 0.5) is 13.2 Å². The van der Waals surface area contributed by atoms with Gasteiger partial charge in [0.2, 0.25) is 0 Å². The van der Waals surface area contributed by atoms with Gasteiger partial charge in [-0.05, 0) is 27.8 Å². The van der Waals surface area contributed by atoms with E-state index in [4.69, 9.17) is 0 Å². The lowest BCUT2D eigenvalue weighted by Gasteiger charge is -2.33. The highest BCUT2D eigenvalue weighted by Gasteiger charge is 2.33. The molecule has 0 aromatic rings. The predicted molar refractivity (Wildman–Crippen MR) is 51.3 cm³/mol. The molecule has 0 aliphatic carbocycles. The molecule has 14 heavy (non-hydrogen) atoms. The van der Waals surface area contributed by atoms with E-state index in [1.54, 1.807) is 27.8 Å². The number of hydrogen-bond acceptors (Lipinski definition) is 2. The molecular weight excluding hydrogens is 193 g/mol. The van der Waals surface area contributed by atoms with Crippen molar-refractivity contribution in [3.8, 4) is 0 Å². The van der Waals surface area contributed by atoms with Gasteiger partial charge < -0.3 is 5.32 Å². The molecular formula is C9H19F3N2. The number of nitrogens with zero attached hydrogens (tertiary/aromatic N) is 1. The van der Waals surface area contributed by atoms with Crippen LogP contribution < -0.4 is 5.32 Å². The van der Waals surface area contributed by atoms with Gasteiger partial charge in [0.15, 0.2) is 0 Å². The molecule has 0 heterocycles. The van der Waals surface area contributed by atoms with Crippen LogP contribution in [0.5, 0.6) is 0 Å². The molecule has 0 fully saturated rings. The predicted octanol–water partition coefficient (Wildman–Crippen LogP) is 1.87. The summed E-state index contributed by atoms with van der Waals surface area (Å²) in [5, 5.41) is 2.88. The first-order valence-electron chi connectivity index (χ1n) is 4.75. The molecule has 2 nitrogen and oxygen atoms in total. The van der Waals surface area contributed by atoms with E-state index in [0.717, 1.165) is 0 Å². The first kappa shape index (κ1) is 13.7. The molecule has 0 aliphatic heterocycles. The number of rotatable bonds is 5. The first-order chi connectivity index (χ1) is 6.28. The minimum absolute atomic E-state index is 0.0972. The molecule has 5 heteroatoms. The summed E-state index contributed by atoms with van der Waals surface area (Å²) in [5.74, 6) is 0. The maximum atomic E-state index is 12.2. The Morgan fingerprint density at radius 3 is 2.00 bits per heavy atom. The van der Waals surface area contributed by atoms with Crippen molar-refractivity contribution in [2.75, 3.05) is 20.1 Å². The van der Waals surface area contributed by atoms with Crippen molar-refractivity contribution in [2.45, 2.75) is 39.0 Å². The van der Waals surface area contributed by atoms with Gasteiger partial charge in [0, 0.05) is 18.6 Å². The first-order valence-corrected chi connectivity index (χ1v) is 4.75. The molecule has 0 aliphatic rings. The third-order valence-corrected chi connectivity index (χ3v) is 2.09. The molecule has 1 N–H and O–H groups in total. The van der Waals surface area contributed by atoms with Gasteiger partial charge in [-0.25, -0.2) is 0 Å². The summed E-state index contributed by atoms with van der Waals surface area (Å²) in [7, 11) is 1.74. The van der Waals surface area contributed by atoms with Gasteiger partial charge in [0.25, 0.3) is 0 Å².